The van der Waals surface area contributed by atoms with Gasteiger partial charge < -0.3 is 24.8 Å². The summed E-state index contributed by atoms with van der Waals surface area (Å²) in [6.45, 7) is 6.15. The zero-order valence-corrected chi connectivity index (χ0v) is 18.9. The molecule has 8 heteroatoms. The highest BCUT2D eigenvalue weighted by Gasteiger charge is 2.22. The molecule has 3 aromatic rings. The number of carbonyl (C=O) groups excluding carboxylic acids is 1. The molecule has 1 amide bonds. The van der Waals surface area contributed by atoms with Crippen LogP contribution >= 0.6 is 0 Å². The van der Waals surface area contributed by atoms with Gasteiger partial charge in [-0.15, -0.1) is 0 Å². The molecular weight excluding hydrogens is 424 g/mol. The molecule has 174 valence electrons. The number of amides is 1. The van der Waals surface area contributed by atoms with Crippen LogP contribution in [-0.2, 0) is 17.6 Å². The molecule has 0 fully saturated rings. The standard InChI is InChI=1S/C25H28N2O6/c1-25(2,3)33-24(32)27(14-12-16-4-6-18(7-5-16)23(30)31)15-13-17-8-10-20(28)22-19(17)9-11-21(29)26-22/h4-11,28H,12-15H2,1-3H3,(H,26,29)(H,30,31). The van der Waals surface area contributed by atoms with E-state index < -0.39 is 17.7 Å². The van der Waals surface area contributed by atoms with Crippen molar-refractivity contribution in [3.05, 3.63) is 75.6 Å². The van der Waals surface area contributed by atoms with Crippen molar-refractivity contribution in [3.63, 3.8) is 0 Å². The van der Waals surface area contributed by atoms with Crippen molar-refractivity contribution in [2.75, 3.05) is 13.1 Å². The molecule has 0 aliphatic heterocycles. The fourth-order valence-corrected chi connectivity index (χ4v) is 3.47. The van der Waals surface area contributed by atoms with Gasteiger partial charge in [-0.25, -0.2) is 9.59 Å². The highest BCUT2D eigenvalue weighted by atomic mass is 16.6. The summed E-state index contributed by atoms with van der Waals surface area (Å²) in [5, 5.41) is 19.9. The van der Waals surface area contributed by atoms with E-state index in [-0.39, 0.29) is 16.9 Å². The molecule has 8 nitrogen and oxygen atoms in total. The van der Waals surface area contributed by atoms with E-state index in [0.29, 0.717) is 36.8 Å². The van der Waals surface area contributed by atoms with Crippen LogP contribution in [0, 0.1) is 0 Å². The second-order valence-electron chi connectivity index (χ2n) is 8.82. The number of phenolic OH excluding ortho intramolecular Hbond substituents is 1. The summed E-state index contributed by atoms with van der Waals surface area (Å²) < 4.78 is 5.57. The number of fused-ring (bicyclic) bond motifs is 1. The predicted molar refractivity (Wildman–Crippen MR) is 125 cm³/mol. The van der Waals surface area contributed by atoms with Crippen LogP contribution in [0.5, 0.6) is 5.75 Å². The number of aromatic amines is 1. The first-order chi connectivity index (χ1) is 15.5. The Morgan fingerprint density at radius 3 is 2.27 bits per heavy atom. The zero-order chi connectivity index (χ0) is 24.2. The van der Waals surface area contributed by atoms with Crippen molar-refractivity contribution >= 4 is 23.0 Å². The van der Waals surface area contributed by atoms with Crippen molar-refractivity contribution in [1.29, 1.82) is 0 Å². The molecule has 2 aromatic carbocycles. The number of phenols is 1. The first-order valence-electron chi connectivity index (χ1n) is 10.7. The lowest BCUT2D eigenvalue weighted by molar-refractivity contribution is 0.0254. The molecule has 1 heterocycles. The number of carbonyl (C=O) groups is 2. The van der Waals surface area contributed by atoms with Gasteiger partial charge in [-0.1, -0.05) is 18.2 Å². The van der Waals surface area contributed by atoms with E-state index in [9.17, 15) is 19.5 Å². The number of aromatic hydroxyl groups is 1. The smallest absolute Gasteiger partial charge is 0.410 e. The molecule has 3 rings (SSSR count). The molecule has 0 aliphatic carbocycles. The summed E-state index contributed by atoms with van der Waals surface area (Å²) in [5.41, 5.74) is 1.39. The SMILES string of the molecule is CC(C)(C)OC(=O)N(CCc1ccc(C(=O)O)cc1)CCc1ccc(O)c2[nH]c(=O)ccc12. The minimum atomic E-state index is -0.987. The third kappa shape index (κ3) is 6.35. The van der Waals surface area contributed by atoms with E-state index in [1.807, 2.05) is 0 Å². The van der Waals surface area contributed by atoms with Crippen LogP contribution in [0.1, 0.15) is 42.3 Å². The number of carboxylic acids is 1. The number of pyridine rings is 1. The number of carboxylic acid groups (broad SMARTS) is 1. The van der Waals surface area contributed by atoms with Crippen molar-refractivity contribution in [1.82, 2.24) is 9.88 Å². The molecule has 3 N–H and O–H groups in total. The number of nitrogens with zero attached hydrogens (tertiary/aromatic N) is 1. The number of hydrogen-bond donors (Lipinski definition) is 3. The average molecular weight is 453 g/mol. The monoisotopic (exact) mass is 452 g/mol. The Labute approximate surface area is 191 Å². The number of H-pyrrole nitrogens is 1. The minimum absolute atomic E-state index is 0.0137. The normalized spacial score (nSPS) is 11.4. The lowest BCUT2D eigenvalue weighted by Crippen LogP contribution is -2.39. The van der Waals surface area contributed by atoms with Crippen LogP contribution in [-0.4, -0.2) is 50.9 Å². The first kappa shape index (κ1) is 23.8. The average Bonchev–Trinajstić information content (AvgIpc) is 2.74. The van der Waals surface area contributed by atoms with Crippen LogP contribution < -0.4 is 5.56 Å². The highest BCUT2D eigenvalue weighted by molar-refractivity contribution is 5.88. The molecule has 1 aromatic heterocycles. The van der Waals surface area contributed by atoms with Gasteiger partial charge in [0.05, 0.1) is 11.1 Å². The minimum Gasteiger partial charge on any atom is -0.506 e. The van der Waals surface area contributed by atoms with Gasteiger partial charge in [-0.05, 0) is 69.0 Å². The van der Waals surface area contributed by atoms with E-state index in [1.165, 1.54) is 12.1 Å². The van der Waals surface area contributed by atoms with Crippen molar-refractivity contribution in [2.24, 2.45) is 0 Å². The van der Waals surface area contributed by atoms with Crippen LogP contribution in [0.4, 0.5) is 4.79 Å². The molecular formula is C25H28N2O6. The fourth-order valence-electron chi connectivity index (χ4n) is 3.47. The Morgan fingerprint density at radius 1 is 0.970 bits per heavy atom. The number of rotatable bonds is 7. The molecule has 0 radical (unpaired) electrons. The number of aromatic carboxylic acids is 1. The Kier molecular flexibility index (Phi) is 7.06. The van der Waals surface area contributed by atoms with Gasteiger partial charge in [0.25, 0.3) is 0 Å². The maximum Gasteiger partial charge on any atom is 0.410 e. The summed E-state index contributed by atoms with van der Waals surface area (Å²) in [7, 11) is 0. The summed E-state index contributed by atoms with van der Waals surface area (Å²) in [5.74, 6) is -1.00. The molecule has 33 heavy (non-hydrogen) atoms. The molecule has 0 saturated carbocycles. The topological polar surface area (TPSA) is 120 Å². The Bertz CT molecular complexity index is 1210. The maximum atomic E-state index is 12.8. The number of nitrogens with one attached hydrogen (secondary N) is 1. The number of aromatic nitrogens is 1. The Balaban J connectivity index is 1.78. The van der Waals surface area contributed by atoms with Crippen LogP contribution in [0.3, 0.4) is 0 Å². The van der Waals surface area contributed by atoms with E-state index in [0.717, 1.165) is 11.1 Å². The molecule has 0 unspecified atom stereocenters. The number of hydrogen-bond acceptors (Lipinski definition) is 5. The van der Waals surface area contributed by atoms with Gasteiger partial charge in [0.2, 0.25) is 5.56 Å². The largest absolute Gasteiger partial charge is 0.506 e. The lowest BCUT2D eigenvalue weighted by atomic mass is 10.0. The van der Waals surface area contributed by atoms with Crippen molar-refractivity contribution < 1.29 is 24.5 Å². The van der Waals surface area contributed by atoms with Gasteiger partial charge in [0.1, 0.15) is 11.4 Å². The second kappa shape index (κ2) is 9.77. The summed E-state index contributed by atoms with van der Waals surface area (Å²) in [6, 6.07) is 12.9. The van der Waals surface area contributed by atoms with Crippen molar-refractivity contribution in [3.8, 4) is 5.75 Å². The van der Waals surface area contributed by atoms with Gasteiger partial charge >= 0.3 is 12.1 Å². The number of ether oxygens (including phenoxy) is 1. The summed E-state index contributed by atoms with van der Waals surface area (Å²) >= 11 is 0. The van der Waals surface area contributed by atoms with Crippen LogP contribution in [0.25, 0.3) is 10.9 Å². The Morgan fingerprint density at radius 2 is 1.64 bits per heavy atom. The third-order valence-corrected chi connectivity index (χ3v) is 5.14. The fraction of sp³-hybridized carbons (Fsp3) is 0.320. The van der Waals surface area contributed by atoms with Gasteiger partial charge in [-0.2, -0.15) is 0 Å². The van der Waals surface area contributed by atoms with Gasteiger partial charge in [-0.3, -0.25) is 4.79 Å². The van der Waals surface area contributed by atoms with E-state index in [2.05, 4.69) is 4.98 Å². The van der Waals surface area contributed by atoms with Gasteiger partial charge in [0.15, 0.2) is 0 Å². The highest BCUT2D eigenvalue weighted by Crippen LogP contribution is 2.25. The first-order valence-corrected chi connectivity index (χ1v) is 10.7. The summed E-state index contributed by atoms with van der Waals surface area (Å²) in [6.07, 6.45) is 0.573. The van der Waals surface area contributed by atoms with Crippen molar-refractivity contribution in [2.45, 2.75) is 39.2 Å². The van der Waals surface area contributed by atoms with Crippen LogP contribution in [0.15, 0.2) is 53.3 Å². The quantitative estimate of drug-likeness (QED) is 0.499. The van der Waals surface area contributed by atoms with E-state index in [1.54, 1.807) is 62.1 Å². The molecule has 0 saturated heterocycles. The van der Waals surface area contributed by atoms with E-state index >= 15 is 0 Å². The zero-order valence-electron chi connectivity index (χ0n) is 18.9. The number of benzene rings is 2. The lowest BCUT2D eigenvalue weighted by Gasteiger charge is -2.27. The molecule has 0 bridgehead atoms. The van der Waals surface area contributed by atoms with Gasteiger partial charge in [0, 0.05) is 24.5 Å². The predicted octanol–water partition coefficient (Wildman–Crippen LogP) is 3.95. The maximum absolute atomic E-state index is 12.8. The van der Waals surface area contributed by atoms with E-state index in [4.69, 9.17) is 9.84 Å². The molecule has 0 atom stereocenters. The second-order valence-corrected chi connectivity index (χ2v) is 8.82. The molecule has 0 aliphatic rings. The summed E-state index contributed by atoms with van der Waals surface area (Å²) in [4.78, 5) is 39.8. The Hall–Kier alpha value is -3.81. The molecule has 0 spiro atoms. The third-order valence-electron chi connectivity index (χ3n) is 5.14. The van der Waals surface area contributed by atoms with Crippen LogP contribution in [0.2, 0.25) is 0 Å².